The van der Waals surface area contributed by atoms with Crippen molar-refractivity contribution in [3.8, 4) is 6.07 Å². The van der Waals surface area contributed by atoms with Gasteiger partial charge in [-0.1, -0.05) is 15.9 Å². The molecule has 2 N–H and O–H groups in total. The van der Waals surface area contributed by atoms with Crippen molar-refractivity contribution in [1.29, 1.82) is 5.26 Å². The van der Waals surface area contributed by atoms with Gasteiger partial charge in [-0.15, -0.1) is 0 Å². The van der Waals surface area contributed by atoms with Crippen molar-refractivity contribution in [2.45, 2.75) is 12.5 Å². The van der Waals surface area contributed by atoms with E-state index in [1.807, 2.05) is 6.07 Å². The third-order valence-electron chi connectivity index (χ3n) is 1.67. The van der Waals surface area contributed by atoms with Gasteiger partial charge in [0.15, 0.2) is 0 Å². The van der Waals surface area contributed by atoms with Gasteiger partial charge in [0, 0.05) is 16.1 Å². The normalized spacial score (nSPS) is 12.2. The molecule has 0 aliphatic rings. The summed E-state index contributed by atoms with van der Waals surface area (Å²) >= 11 is 3.21. The smallest absolute Gasteiger partial charge is 0.128 e. The van der Waals surface area contributed by atoms with Crippen LogP contribution in [0.15, 0.2) is 22.7 Å². The minimum Gasteiger partial charge on any atom is -0.323 e. The van der Waals surface area contributed by atoms with Crippen LogP contribution in [0.5, 0.6) is 0 Å². The summed E-state index contributed by atoms with van der Waals surface area (Å²) < 4.78 is 13.9. The molecule has 2 nitrogen and oxygen atoms in total. The van der Waals surface area contributed by atoms with E-state index in [0.29, 0.717) is 5.56 Å². The maximum atomic E-state index is 13.1. The number of nitrogens with zero attached hydrogens (tertiary/aromatic N) is 1. The van der Waals surface area contributed by atoms with E-state index < -0.39 is 6.04 Å². The zero-order valence-corrected chi connectivity index (χ0v) is 8.38. The van der Waals surface area contributed by atoms with Gasteiger partial charge >= 0.3 is 0 Å². The second-order valence-corrected chi connectivity index (χ2v) is 3.55. The summed E-state index contributed by atoms with van der Waals surface area (Å²) in [5.41, 5.74) is 5.96. The second-order valence-electron chi connectivity index (χ2n) is 2.63. The summed E-state index contributed by atoms with van der Waals surface area (Å²) in [6.07, 6.45) is 0.118. The van der Waals surface area contributed by atoms with Crippen LogP contribution in [-0.4, -0.2) is 0 Å². The van der Waals surface area contributed by atoms with Crippen LogP contribution >= 0.6 is 15.9 Å². The third kappa shape index (κ3) is 2.51. The number of nitriles is 1. The van der Waals surface area contributed by atoms with Gasteiger partial charge < -0.3 is 5.73 Å². The van der Waals surface area contributed by atoms with Crippen LogP contribution in [0.4, 0.5) is 4.39 Å². The SMILES string of the molecule is N#CC[C@@H](N)c1cc(Br)ccc1F. The van der Waals surface area contributed by atoms with Crippen LogP contribution in [0.3, 0.4) is 0 Å². The Balaban J connectivity index is 3.00. The molecule has 0 aromatic heterocycles. The lowest BCUT2D eigenvalue weighted by Gasteiger charge is -2.08. The predicted molar refractivity (Wildman–Crippen MR) is 51.3 cm³/mol. The van der Waals surface area contributed by atoms with Crippen LogP contribution in [0.25, 0.3) is 0 Å². The Kier molecular flexibility index (Phi) is 3.40. The van der Waals surface area contributed by atoms with Crippen molar-refractivity contribution in [2.75, 3.05) is 0 Å². The summed E-state index contributed by atoms with van der Waals surface area (Å²) in [6.45, 7) is 0. The highest BCUT2D eigenvalue weighted by Gasteiger charge is 2.10. The number of rotatable bonds is 2. The zero-order chi connectivity index (χ0) is 9.84. The molecule has 1 atom stereocenters. The van der Waals surface area contributed by atoms with Gasteiger partial charge in [0.2, 0.25) is 0 Å². The zero-order valence-electron chi connectivity index (χ0n) is 6.80. The quantitative estimate of drug-likeness (QED) is 0.867. The molecular formula is C9H8BrFN2. The molecule has 1 aromatic carbocycles. The number of nitrogens with two attached hydrogens (primary N) is 1. The summed E-state index contributed by atoms with van der Waals surface area (Å²) in [6, 6.07) is 5.87. The molecule has 0 aliphatic carbocycles. The van der Waals surface area contributed by atoms with Gasteiger partial charge in [0.05, 0.1) is 12.5 Å². The minimum atomic E-state index is -0.553. The monoisotopic (exact) mass is 242 g/mol. The number of hydrogen-bond donors (Lipinski definition) is 1. The Hall–Kier alpha value is -0.920. The molecule has 1 rings (SSSR count). The maximum Gasteiger partial charge on any atom is 0.128 e. The van der Waals surface area contributed by atoms with Crippen LogP contribution in [0.1, 0.15) is 18.0 Å². The molecule has 0 aliphatic heterocycles. The minimum absolute atomic E-state index is 0.118. The first-order valence-electron chi connectivity index (χ1n) is 3.72. The fraction of sp³-hybridized carbons (Fsp3) is 0.222. The molecule has 0 saturated carbocycles. The lowest BCUT2D eigenvalue weighted by molar-refractivity contribution is 0.584. The van der Waals surface area contributed by atoms with E-state index in [1.165, 1.54) is 6.07 Å². The van der Waals surface area contributed by atoms with Crippen molar-refractivity contribution in [3.05, 3.63) is 34.1 Å². The largest absolute Gasteiger partial charge is 0.323 e. The molecule has 0 fully saturated rings. The van der Waals surface area contributed by atoms with Gasteiger partial charge in [-0.05, 0) is 18.2 Å². The van der Waals surface area contributed by atoms with E-state index in [9.17, 15) is 4.39 Å². The first-order chi connectivity index (χ1) is 6.15. The fourth-order valence-electron chi connectivity index (χ4n) is 1.01. The Morgan fingerprint density at radius 2 is 2.31 bits per heavy atom. The van der Waals surface area contributed by atoms with E-state index in [2.05, 4.69) is 15.9 Å². The van der Waals surface area contributed by atoms with E-state index in [-0.39, 0.29) is 12.2 Å². The highest BCUT2D eigenvalue weighted by molar-refractivity contribution is 9.10. The molecule has 1 aromatic rings. The van der Waals surface area contributed by atoms with Gasteiger partial charge in [-0.3, -0.25) is 0 Å². The van der Waals surface area contributed by atoms with E-state index in [1.54, 1.807) is 12.1 Å². The summed E-state index contributed by atoms with van der Waals surface area (Å²) in [5, 5.41) is 8.39. The second kappa shape index (κ2) is 4.35. The lowest BCUT2D eigenvalue weighted by Crippen LogP contribution is -2.11. The van der Waals surface area contributed by atoms with Crippen LogP contribution < -0.4 is 5.73 Å². The standard InChI is InChI=1S/C9H8BrFN2/c10-6-1-2-8(11)7(5-6)9(13)3-4-12/h1-2,5,9H,3,13H2/t9-/m1/s1. The molecule has 4 heteroatoms. The molecule has 0 spiro atoms. The number of halogens is 2. The summed E-state index contributed by atoms with van der Waals surface area (Å²) in [5.74, 6) is -0.369. The van der Waals surface area contributed by atoms with Crippen LogP contribution in [0, 0.1) is 17.1 Å². The molecule has 13 heavy (non-hydrogen) atoms. The third-order valence-corrected chi connectivity index (χ3v) is 2.16. The molecule has 68 valence electrons. The average Bonchev–Trinajstić information content (AvgIpc) is 2.09. The molecule has 0 heterocycles. The molecule has 0 radical (unpaired) electrons. The summed E-state index contributed by atoms with van der Waals surface area (Å²) in [4.78, 5) is 0. The van der Waals surface area contributed by atoms with E-state index in [4.69, 9.17) is 11.0 Å². The highest BCUT2D eigenvalue weighted by Crippen LogP contribution is 2.21. The fourth-order valence-corrected chi connectivity index (χ4v) is 1.39. The molecule has 0 amide bonds. The van der Waals surface area contributed by atoms with Crippen LogP contribution in [-0.2, 0) is 0 Å². The van der Waals surface area contributed by atoms with Crippen LogP contribution in [0.2, 0.25) is 0 Å². The first kappa shape index (κ1) is 10.2. The molecule has 0 unspecified atom stereocenters. The van der Waals surface area contributed by atoms with Gasteiger partial charge in [-0.2, -0.15) is 5.26 Å². The van der Waals surface area contributed by atoms with E-state index in [0.717, 1.165) is 4.47 Å². The van der Waals surface area contributed by atoms with Gasteiger partial charge in [-0.25, -0.2) is 4.39 Å². The summed E-state index contributed by atoms with van der Waals surface area (Å²) in [7, 11) is 0. The molecule has 0 bridgehead atoms. The van der Waals surface area contributed by atoms with Crippen molar-refractivity contribution in [2.24, 2.45) is 5.73 Å². The van der Waals surface area contributed by atoms with Crippen molar-refractivity contribution < 1.29 is 4.39 Å². The highest BCUT2D eigenvalue weighted by atomic mass is 79.9. The predicted octanol–water partition coefficient (Wildman–Crippen LogP) is 2.50. The Bertz CT molecular complexity index is 346. The van der Waals surface area contributed by atoms with Crippen molar-refractivity contribution >= 4 is 15.9 Å². The lowest BCUT2D eigenvalue weighted by atomic mass is 10.1. The van der Waals surface area contributed by atoms with Crippen molar-refractivity contribution in [1.82, 2.24) is 0 Å². The maximum absolute atomic E-state index is 13.1. The average molecular weight is 243 g/mol. The number of benzene rings is 1. The number of hydrogen-bond acceptors (Lipinski definition) is 2. The van der Waals surface area contributed by atoms with E-state index >= 15 is 0 Å². The Labute approximate surface area is 84.3 Å². The molecule has 0 saturated heterocycles. The van der Waals surface area contributed by atoms with Gasteiger partial charge in [0.1, 0.15) is 5.82 Å². The molecular weight excluding hydrogens is 235 g/mol. The van der Waals surface area contributed by atoms with Gasteiger partial charge in [0.25, 0.3) is 0 Å². The van der Waals surface area contributed by atoms with Crippen molar-refractivity contribution in [3.63, 3.8) is 0 Å². The first-order valence-corrected chi connectivity index (χ1v) is 4.52. The topological polar surface area (TPSA) is 49.8 Å². The Morgan fingerprint density at radius 1 is 1.62 bits per heavy atom. The Morgan fingerprint density at radius 3 is 2.92 bits per heavy atom.